The van der Waals surface area contributed by atoms with Crippen molar-refractivity contribution in [1.82, 2.24) is 9.03 Å². The Labute approximate surface area is 96.5 Å². The molecular weight excluding hydrogens is 321 g/mol. The molecule has 82 valence electrons. The first-order valence-corrected chi connectivity index (χ1v) is 6.56. The molecule has 1 amide bonds. The average molecular weight is 333 g/mol. The van der Waals surface area contributed by atoms with Crippen LogP contribution < -0.4 is 10.5 Å². The maximum Gasteiger partial charge on any atom is 0.303 e. The van der Waals surface area contributed by atoms with Crippen molar-refractivity contribution in [3.63, 3.8) is 0 Å². The number of amides is 1. The Balaban J connectivity index is 2.68. The SMILES string of the molecule is CN(C)S(=O)(=O)NC(=O)[C@@]1(N)C[C@H]1I. The van der Waals surface area contributed by atoms with Crippen molar-refractivity contribution in [2.75, 3.05) is 14.1 Å². The lowest BCUT2D eigenvalue weighted by Crippen LogP contribution is -2.50. The summed E-state index contributed by atoms with van der Waals surface area (Å²) in [5.74, 6) is -0.634. The predicted octanol–water partition coefficient (Wildman–Crippen LogP) is -1.19. The number of nitrogens with two attached hydrogens (primary N) is 1. The van der Waals surface area contributed by atoms with E-state index in [1.54, 1.807) is 0 Å². The molecule has 1 aliphatic carbocycles. The third-order valence-corrected chi connectivity index (χ3v) is 5.00. The Kier molecular flexibility index (Phi) is 3.10. The zero-order valence-electron chi connectivity index (χ0n) is 7.82. The summed E-state index contributed by atoms with van der Waals surface area (Å²) in [6, 6.07) is 0. The molecule has 0 heterocycles. The highest BCUT2D eigenvalue weighted by Crippen LogP contribution is 2.40. The van der Waals surface area contributed by atoms with Crippen LogP contribution in [-0.4, -0.2) is 42.2 Å². The van der Waals surface area contributed by atoms with Gasteiger partial charge in [-0.1, -0.05) is 22.6 Å². The second-order valence-electron chi connectivity index (χ2n) is 3.43. The fraction of sp³-hybridized carbons (Fsp3) is 0.833. The number of carbonyl (C=O) groups excluding carboxylic acids is 1. The van der Waals surface area contributed by atoms with Gasteiger partial charge in [0.2, 0.25) is 0 Å². The van der Waals surface area contributed by atoms with Crippen LogP contribution in [0.2, 0.25) is 0 Å². The fourth-order valence-electron chi connectivity index (χ4n) is 0.776. The number of nitrogens with zero attached hydrogens (tertiary/aromatic N) is 1. The number of alkyl halides is 1. The molecule has 2 atom stereocenters. The van der Waals surface area contributed by atoms with E-state index in [1.807, 2.05) is 27.3 Å². The molecule has 0 spiro atoms. The number of nitrogens with one attached hydrogen (secondary N) is 1. The minimum absolute atomic E-state index is 0.0115. The summed E-state index contributed by atoms with van der Waals surface area (Å²) < 4.78 is 25.4. The van der Waals surface area contributed by atoms with Crippen molar-refractivity contribution < 1.29 is 13.2 Å². The molecule has 0 bridgehead atoms. The van der Waals surface area contributed by atoms with Gasteiger partial charge in [0.05, 0.1) is 0 Å². The maximum absolute atomic E-state index is 11.4. The van der Waals surface area contributed by atoms with Crippen LogP contribution in [0.4, 0.5) is 0 Å². The van der Waals surface area contributed by atoms with E-state index in [1.165, 1.54) is 14.1 Å². The van der Waals surface area contributed by atoms with Crippen molar-refractivity contribution in [3.8, 4) is 0 Å². The van der Waals surface area contributed by atoms with Crippen LogP contribution in [0, 0.1) is 0 Å². The molecule has 8 heteroatoms. The summed E-state index contributed by atoms with van der Waals surface area (Å²) in [6.07, 6.45) is 0.516. The van der Waals surface area contributed by atoms with Gasteiger partial charge >= 0.3 is 10.2 Å². The number of rotatable bonds is 3. The van der Waals surface area contributed by atoms with Crippen LogP contribution in [0.3, 0.4) is 0 Å². The fourth-order valence-corrected chi connectivity index (χ4v) is 2.39. The van der Waals surface area contributed by atoms with Crippen LogP contribution in [0.15, 0.2) is 0 Å². The van der Waals surface area contributed by atoms with Gasteiger partial charge in [0, 0.05) is 18.0 Å². The quantitative estimate of drug-likeness (QED) is 0.502. The zero-order chi connectivity index (χ0) is 11.1. The van der Waals surface area contributed by atoms with Gasteiger partial charge in [-0.3, -0.25) is 4.79 Å². The van der Waals surface area contributed by atoms with E-state index in [2.05, 4.69) is 0 Å². The van der Waals surface area contributed by atoms with Gasteiger partial charge in [-0.2, -0.15) is 12.7 Å². The van der Waals surface area contributed by atoms with E-state index in [4.69, 9.17) is 5.73 Å². The molecule has 1 aliphatic rings. The summed E-state index contributed by atoms with van der Waals surface area (Å²) in [5, 5.41) is 0. The number of hydrogen-bond donors (Lipinski definition) is 2. The molecule has 0 aliphatic heterocycles. The van der Waals surface area contributed by atoms with Gasteiger partial charge in [0.1, 0.15) is 5.54 Å². The van der Waals surface area contributed by atoms with Crippen LogP contribution in [0.1, 0.15) is 6.42 Å². The molecular formula is C6H12IN3O3S. The standard InChI is InChI=1S/C6H12IN3O3S/c1-10(2)14(12,13)9-5(11)6(8)3-4(6)7/h4H,3,8H2,1-2H3,(H,9,11)/t4-,6-/m1/s1. The topological polar surface area (TPSA) is 92.5 Å². The van der Waals surface area contributed by atoms with Crippen LogP contribution in [0.25, 0.3) is 0 Å². The van der Waals surface area contributed by atoms with E-state index in [9.17, 15) is 13.2 Å². The van der Waals surface area contributed by atoms with E-state index in [-0.39, 0.29) is 3.92 Å². The Bertz CT molecular complexity index is 355. The minimum Gasteiger partial charge on any atom is -0.316 e. The molecule has 1 saturated carbocycles. The molecule has 3 N–H and O–H groups in total. The minimum atomic E-state index is -3.71. The molecule has 0 unspecified atom stereocenters. The van der Waals surface area contributed by atoms with E-state index < -0.39 is 21.7 Å². The molecule has 0 aromatic rings. The molecule has 0 aromatic carbocycles. The molecule has 0 aromatic heterocycles. The van der Waals surface area contributed by atoms with E-state index in [0.29, 0.717) is 6.42 Å². The first-order chi connectivity index (χ1) is 6.20. The number of hydrogen-bond acceptors (Lipinski definition) is 4. The third-order valence-electron chi connectivity index (χ3n) is 2.04. The monoisotopic (exact) mass is 333 g/mol. The van der Waals surface area contributed by atoms with Crippen molar-refractivity contribution >= 4 is 38.7 Å². The normalized spacial score (nSPS) is 31.6. The van der Waals surface area contributed by atoms with Gasteiger partial charge < -0.3 is 5.73 Å². The van der Waals surface area contributed by atoms with Gasteiger partial charge in [0.25, 0.3) is 5.91 Å². The molecule has 1 rings (SSSR count). The van der Waals surface area contributed by atoms with Crippen molar-refractivity contribution in [2.45, 2.75) is 15.9 Å². The number of carbonyl (C=O) groups is 1. The molecule has 1 fully saturated rings. The summed E-state index contributed by atoms with van der Waals surface area (Å²) in [5.41, 5.74) is 4.63. The molecule has 0 radical (unpaired) electrons. The Morgan fingerprint density at radius 1 is 1.64 bits per heavy atom. The van der Waals surface area contributed by atoms with Gasteiger partial charge in [-0.05, 0) is 6.42 Å². The summed E-state index contributed by atoms with van der Waals surface area (Å²) in [7, 11) is -1.03. The highest BCUT2D eigenvalue weighted by atomic mass is 127. The third kappa shape index (κ3) is 2.18. The summed E-state index contributed by atoms with van der Waals surface area (Å²) in [4.78, 5) is 11.4. The first kappa shape index (κ1) is 12.1. The molecule has 14 heavy (non-hydrogen) atoms. The Morgan fingerprint density at radius 2 is 2.07 bits per heavy atom. The van der Waals surface area contributed by atoms with Gasteiger partial charge in [0.15, 0.2) is 0 Å². The second-order valence-corrected chi connectivity index (χ2v) is 6.82. The summed E-state index contributed by atoms with van der Waals surface area (Å²) in [6.45, 7) is 0. The largest absolute Gasteiger partial charge is 0.316 e. The van der Waals surface area contributed by atoms with Crippen molar-refractivity contribution in [1.29, 1.82) is 0 Å². The van der Waals surface area contributed by atoms with Crippen molar-refractivity contribution in [3.05, 3.63) is 0 Å². The zero-order valence-corrected chi connectivity index (χ0v) is 10.8. The first-order valence-electron chi connectivity index (χ1n) is 3.88. The maximum atomic E-state index is 11.4. The lowest BCUT2D eigenvalue weighted by molar-refractivity contribution is -0.121. The average Bonchev–Trinajstić information content (AvgIpc) is 2.60. The summed E-state index contributed by atoms with van der Waals surface area (Å²) >= 11 is 2.02. The van der Waals surface area contributed by atoms with Gasteiger partial charge in [-0.25, -0.2) is 4.72 Å². The highest BCUT2D eigenvalue weighted by Gasteiger charge is 2.56. The van der Waals surface area contributed by atoms with Gasteiger partial charge in [-0.15, -0.1) is 0 Å². The Hall–Kier alpha value is 0.0700. The highest BCUT2D eigenvalue weighted by molar-refractivity contribution is 14.1. The smallest absolute Gasteiger partial charge is 0.303 e. The van der Waals surface area contributed by atoms with E-state index in [0.717, 1.165) is 4.31 Å². The van der Waals surface area contributed by atoms with E-state index >= 15 is 0 Å². The lowest BCUT2D eigenvalue weighted by Gasteiger charge is -2.15. The van der Waals surface area contributed by atoms with Crippen molar-refractivity contribution in [2.24, 2.45) is 5.73 Å². The number of halogens is 1. The van der Waals surface area contributed by atoms with Crippen LogP contribution in [0.5, 0.6) is 0 Å². The van der Waals surface area contributed by atoms with Crippen LogP contribution in [-0.2, 0) is 15.0 Å². The predicted molar refractivity (Wildman–Crippen MR) is 60.1 cm³/mol. The second kappa shape index (κ2) is 3.58. The van der Waals surface area contributed by atoms with Crippen LogP contribution >= 0.6 is 22.6 Å². The Morgan fingerprint density at radius 3 is 2.36 bits per heavy atom. The molecule has 6 nitrogen and oxygen atoms in total. The lowest BCUT2D eigenvalue weighted by atomic mass is 10.3. The molecule has 0 saturated heterocycles.